The summed E-state index contributed by atoms with van der Waals surface area (Å²) in [5.74, 6) is 0.663. The highest BCUT2D eigenvalue weighted by molar-refractivity contribution is 5.93. The van der Waals surface area contributed by atoms with Gasteiger partial charge in [0.05, 0.1) is 12.1 Å². The smallest absolute Gasteiger partial charge is 0.268 e. The van der Waals surface area contributed by atoms with E-state index < -0.39 is 5.54 Å². The van der Waals surface area contributed by atoms with E-state index >= 15 is 0 Å². The van der Waals surface area contributed by atoms with Gasteiger partial charge in [0.1, 0.15) is 5.69 Å². The van der Waals surface area contributed by atoms with Crippen LogP contribution in [0.5, 0.6) is 0 Å². The van der Waals surface area contributed by atoms with Crippen molar-refractivity contribution in [2.24, 2.45) is 5.92 Å². The van der Waals surface area contributed by atoms with E-state index in [2.05, 4.69) is 16.8 Å². The minimum Gasteiger partial charge on any atom is -0.394 e. The summed E-state index contributed by atoms with van der Waals surface area (Å²) in [6.45, 7) is 2.28. The van der Waals surface area contributed by atoms with Crippen LogP contribution in [0, 0.1) is 5.92 Å². The number of rotatable bonds is 4. The van der Waals surface area contributed by atoms with E-state index in [0.29, 0.717) is 12.0 Å². The topological polar surface area (TPSA) is 54.3 Å². The maximum Gasteiger partial charge on any atom is 0.268 e. The van der Waals surface area contributed by atoms with E-state index in [0.717, 1.165) is 44.2 Å². The number of nitrogens with zero attached hydrogens (tertiary/aromatic N) is 1. The van der Waals surface area contributed by atoms with E-state index in [9.17, 15) is 9.90 Å². The van der Waals surface area contributed by atoms with E-state index in [1.807, 2.05) is 18.3 Å². The molecule has 4 nitrogen and oxygen atoms in total. The first kappa shape index (κ1) is 14.6. The molecular formula is C17H26N2O2. The highest BCUT2D eigenvalue weighted by Crippen LogP contribution is 2.34. The lowest BCUT2D eigenvalue weighted by Crippen LogP contribution is -2.53. The Morgan fingerprint density at radius 3 is 2.67 bits per heavy atom. The van der Waals surface area contributed by atoms with Crippen LogP contribution in [0.2, 0.25) is 0 Å². The molecule has 1 heterocycles. The molecule has 0 aliphatic heterocycles. The lowest BCUT2D eigenvalue weighted by atomic mass is 9.77. The summed E-state index contributed by atoms with van der Waals surface area (Å²) in [5, 5.41) is 12.9. The van der Waals surface area contributed by atoms with Crippen LogP contribution in [0.15, 0.2) is 18.3 Å². The Morgan fingerprint density at radius 2 is 2.10 bits per heavy atom. The van der Waals surface area contributed by atoms with Gasteiger partial charge in [-0.1, -0.05) is 6.92 Å². The van der Waals surface area contributed by atoms with Gasteiger partial charge >= 0.3 is 0 Å². The van der Waals surface area contributed by atoms with Crippen LogP contribution in [0.3, 0.4) is 0 Å². The molecule has 0 radical (unpaired) electrons. The Bertz CT molecular complexity index is 497. The summed E-state index contributed by atoms with van der Waals surface area (Å²) < 4.78 is 2.11. The Kier molecular flexibility index (Phi) is 4.07. The molecule has 4 heteroatoms. The SMILES string of the molecule is CC1CCC(CO)(NC(=O)c2cccn2C2CCC2)CC1. The molecule has 1 aromatic heterocycles. The third-order valence-corrected chi connectivity index (χ3v) is 5.39. The predicted octanol–water partition coefficient (Wildman–Crippen LogP) is 2.88. The maximum atomic E-state index is 12.6. The van der Waals surface area contributed by atoms with Gasteiger partial charge in [0.15, 0.2) is 0 Å². The number of carbonyl (C=O) groups is 1. The van der Waals surface area contributed by atoms with Gasteiger partial charge in [-0.05, 0) is 63.0 Å². The molecule has 0 atom stereocenters. The lowest BCUT2D eigenvalue weighted by Gasteiger charge is -2.39. The number of aliphatic hydroxyl groups is 1. The highest BCUT2D eigenvalue weighted by atomic mass is 16.3. The second-order valence-electron chi connectivity index (χ2n) is 6.96. The monoisotopic (exact) mass is 290 g/mol. The molecule has 0 bridgehead atoms. The summed E-state index contributed by atoms with van der Waals surface area (Å²) in [6.07, 6.45) is 9.49. The first-order chi connectivity index (χ1) is 10.1. The average Bonchev–Trinajstić information content (AvgIpc) is 2.89. The van der Waals surface area contributed by atoms with Crippen LogP contribution in [-0.4, -0.2) is 27.7 Å². The zero-order chi connectivity index (χ0) is 14.9. The third-order valence-electron chi connectivity index (χ3n) is 5.39. The van der Waals surface area contributed by atoms with Gasteiger partial charge in [-0.25, -0.2) is 0 Å². The first-order valence-corrected chi connectivity index (χ1v) is 8.24. The van der Waals surface area contributed by atoms with Crippen LogP contribution in [0.1, 0.15) is 68.4 Å². The lowest BCUT2D eigenvalue weighted by molar-refractivity contribution is 0.0704. The standard InChI is InChI=1S/C17H26N2O2/c1-13-7-9-17(12-20,10-8-13)18-16(21)15-6-3-11-19(15)14-4-2-5-14/h3,6,11,13-14,20H,2,4-5,7-10,12H2,1H3,(H,18,21). The van der Waals surface area contributed by atoms with Crippen molar-refractivity contribution in [3.63, 3.8) is 0 Å². The molecule has 1 amide bonds. The van der Waals surface area contributed by atoms with Gasteiger partial charge in [-0.2, -0.15) is 0 Å². The molecule has 2 fully saturated rings. The molecule has 2 saturated carbocycles. The minimum absolute atomic E-state index is 0.0319. The van der Waals surface area contributed by atoms with Crippen molar-refractivity contribution >= 4 is 5.91 Å². The number of nitrogens with one attached hydrogen (secondary N) is 1. The minimum atomic E-state index is -0.418. The number of aliphatic hydroxyl groups excluding tert-OH is 1. The van der Waals surface area contributed by atoms with Crippen LogP contribution >= 0.6 is 0 Å². The van der Waals surface area contributed by atoms with E-state index in [1.165, 1.54) is 6.42 Å². The van der Waals surface area contributed by atoms with Crippen molar-refractivity contribution < 1.29 is 9.90 Å². The van der Waals surface area contributed by atoms with Crippen molar-refractivity contribution in [2.75, 3.05) is 6.61 Å². The third kappa shape index (κ3) is 2.86. The van der Waals surface area contributed by atoms with Crippen molar-refractivity contribution in [1.29, 1.82) is 0 Å². The van der Waals surface area contributed by atoms with Crippen molar-refractivity contribution in [1.82, 2.24) is 9.88 Å². The summed E-state index contributed by atoms with van der Waals surface area (Å²) in [4.78, 5) is 12.6. The van der Waals surface area contributed by atoms with Gasteiger partial charge in [0, 0.05) is 12.2 Å². The fourth-order valence-corrected chi connectivity index (χ4v) is 3.51. The first-order valence-electron chi connectivity index (χ1n) is 8.24. The van der Waals surface area contributed by atoms with Crippen molar-refractivity contribution in [3.05, 3.63) is 24.0 Å². The molecule has 0 aromatic carbocycles. The van der Waals surface area contributed by atoms with Gasteiger partial charge < -0.3 is 15.0 Å². The van der Waals surface area contributed by atoms with Crippen LogP contribution in [0.25, 0.3) is 0 Å². The number of carbonyl (C=O) groups excluding carboxylic acids is 1. The van der Waals surface area contributed by atoms with Crippen LogP contribution < -0.4 is 5.32 Å². The Labute approximate surface area is 126 Å². The molecule has 2 aliphatic carbocycles. The molecule has 2 N–H and O–H groups in total. The number of hydrogen-bond donors (Lipinski definition) is 2. The van der Waals surface area contributed by atoms with Crippen LogP contribution in [-0.2, 0) is 0 Å². The molecule has 116 valence electrons. The quantitative estimate of drug-likeness (QED) is 0.896. The largest absolute Gasteiger partial charge is 0.394 e. The van der Waals surface area contributed by atoms with Crippen molar-refractivity contribution in [2.45, 2.75) is 63.5 Å². The second-order valence-corrected chi connectivity index (χ2v) is 6.96. The fraction of sp³-hybridized carbons (Fsp3) is 0.706. The van der Waals surface area contributed by atoms with Gasteiger partial charge in [-0.3, -0.25) is 4.79 Å². The molecule has 0 spiro atoms. The summed E-state index contributed by atoms with van der Waals surface area (Å²) >= 11 is 0. The zero-order valence-corrected chi connectivity index (χ0v) is 12.8. The normalized spacial score (nSPS) is 29.9. The molecular weight excluding hydrogens is 264 g/mol. The van der Waals surface area contributed by atoms with Crippen LogP contribution in [0.4, 0.5) is 0 Å². The number of aromatic nitrogens is 1. The molecule has 2 aliphatic rings. The summed E-state index contributed by atoms with van der Waals surface area (Å²) in [5.41, 5.74) is 0.323. The molecule has 0 unspecified atom stereocenters. The van der Waals surface area contributed by atoms with Gasteiger partial charge in [0.2, 0.25) is 0 Å². The highest BCUT2D eigenvalue weighted by Gasteiger charge is 2.36. The van der Waals surface area contributed by atoms with E-state index in [-0.39, 0.29) is 12.5 Å². The Balaban J connectivity index is 1.71. The fourth-order valence-electron chi connectivity index (χ4n) is 3.51. The molecule has 21 heavy (non-hydrogen) atoms. The molecule has 0 saturated heterocycles. The van der Waals surface area contributed by atoms with Gasteiger partial charge in [-0.15, -0.1) is 0 Å². The average molecular weight is 290 g/mol. The Morgan fingerprint density at radius 1 is 1.38 bits per heavy atom. The van der Waals surface area contributed by atoms with E-state index in [1.54, 1.807) is 0 Å². The maximum absolute atomic E-state index is 12.6. The van der Waals surface area contributed by atoms with Gasteiger partial charge in [0.25, 0.3) is 5.91 Å². The van der Waals surface area contributed by atoms with E-state index in [4.69, 9.17) is 0 Å². The Hall–Kier alpha value is -1.29. The summed E-state index contributed by atoms with van der Waals surface area (Å²) in [6, 6.07) is 4.32. The number of hydrogen-bond acceptors (Lipinski definition) is 2. The number of amides is 1. The zero-order valence-electron chi connectivity index (χ0n) is 12.8. The molecule has 3 rings (SSSR count). The van der Waals surface area contributed by atoms with Crippen molar-refractivity contribution in [3.8, 4) is 0 Å². The summed E-state index contributed by atoms with van der Waals surface area (Å²) in [7, 11) is 0. The predicted molar refractivity (Wildman–Crippen MR) is 82.2 cm³/mol. The second kappa shape index (κ2) is 5.84. The molecule has 1 aromatic rings.